The van der Waals surface area contributed by atoms with Gasteiger partial charge >= 0.3 is 41.7 Å². The Hall–Kier alpha value is -1.09. The van der Waals surface area contributed by atoms with Gasteiger partial charge in [0.2, 0.25) is 0 Å². The van der Waals surface area contributed by atoms with Crippen LogP contribution in [0, 0.1) is 5.92 Å². The maximum Gasteiger partial charge on any atom is 0.460 e. The second-order valence-electron chi connectivity index (χ2n) is 6.48. The van der Waals surface area contributed by atoms with Crippen molar-refractivity contribution >= 4 is 0 Å². The van der Waals surface area contributed by atoms with Gasteiger partial charge in [-0.3, -0.25) is 0 Å². The largest absolute Gasteiger partial charge is 0.460 e. The fraction of sp³-hybridized carbons (Fsp3) is 1.00. The molecule has 0 radical (unpaired) electrons. The van der Waals surface area contributed by atoms with Gasteiger partial charge in [-0.15, -0.1) is 0 Å². The third-order valence-electron chi connectivity index (χ3n) is 4.57. The maximum atomic E-state index is 13.7. The van der Waals surface area contributed by atoms with Crippen molar-refractivity contribution in [2.24, 2.45) is 5.92 Å². The van der Waals surface area contributed by atoms with E-state index in [1.165, 1.54) is 0 Å². The van der Waals surface area contributed by atoms with Crippen LogP contribution in [0.4, 0.5) is 65.9 Å². The minimum atomic E-state index is -8.32. The molecule has 1 aliphatic rings. The average molecular weight is 468 g/mol. The van der Waals surface area contributed by atoms with E-state index in [2.05, 4.69) is 0 Å². The van der Waals surface area contributed by atoms with Gasteiger partial charge in [-0.2, -0.15) is 65.9 Å². The quantitative estimate of drug-likeness (QED) is 0.461. The highest BCUT2D eigenvalue weighted by atomic mass is 19.4. The second-order valence-corrected chi connectivity index (χ2v) is 6.48. The van der Waals surface area contributed by atoms with Crippen molar-refractivity contribution in [3.63, 3.8) is 0 Å². The predicted octanol–water partition coefficient (Wildman–Crippen LogP) is 5.91. The van der Waals surface area contributed by atoms with Gasteiger partial charge in [0.15, 0.2) is 0 Å². The zero-order valence-electron chi connectivity index (χ0n) is 13.6. The molecule has 0 saturated heterocycles. The summed E-state index contributed by atoms with van der Waals surface area (Å²) >= 11 is 0. The maximum absolute atomic E-state index is 13.7. The van der Waals surface area contributed by atoms with Crippen molar-refractivity contribution in [3.8, 4) is 0 Å². The van der Waals surface area contributed by atoms with Crippen LogP contribution in [0.1, 0.15) is 25.7 Å². The molecule has 1 nitrogen and oxygen atoms in total. The normalized spacial score (nSPS) is 20.3. The van der Waals surface area contributed by atoms with Gasteiger partial charge in [-0.25, -0.2) is 0 Å². The summed E-state index contributed by atoms with van der Waals surface area (Å²) in [4.78, 5) is 0. The Morgan fingerprint density at radius 1 is 0.517 bits per heavy atom. The fourth-order valence-corrected chi connectivity index (χ4v) is 2.73. The average Bonchev–Trinajstić information content (AvgIpc) is 3.06. The Morgan fingerprint density at radius 3 is 1.17 bits per heavy atom. The summed E-state index contributed by atoms with van der Waals surface area (Å²) in [7, 11) is 0. The lowest BCUT2D eigenvalue weighted by Crippen LogP contribution is -2.74. The van der Waals surface area contributed by atoms with Crippen molar-refractivity contribution in [3.05, 3.63) is 0 Å². The Morgan fingerprint density at radius 2 is 0.828 bits per heavy atom. The molecule has 0 aliphatic heterocycles. The Balaban J connectivity index is 3.48. The van der Waals surface area contributed by atoms with Crippen LogP contribution in [-0.2, 0) is 0 Å². The molecular weight excluding hydrogens is 457 g/mol. The van der Waals surface area contributed by atoms with Crippen LogP contribution in [0.15, 0.2) is 0 Å². The molecule has 1 atom stereocenters. The highest BCUT2D eigenvalue weighted by molar-refractivity contribution is 5.14. The SMILES string of the molecule is OC(C1CCCC1)C(F)(F)C(F)(F)C(F)(F)C(F)(F)C(F)(F)C(F)(F)C(F)(F)F. The molecule has 0 amide bonds. The standard InChI is InChI=1S/C13H11F15O/c14-7(15,6(29)5-3-1-2-4-5)8(16,17)9(18,19)10(20,21)11(22,23)12(24,25)13(26,27)28/h5-6,29H,1-4H2. The van der Waals surface area contributed by atoms with Gasteiger partial charge in [-0.05, 0) is 18.8 Å². The van der Waals surface area contributed by atoms with Crippen LogP contribution < -0.4 is 0 Å². The minimum absolute atomic E-state index is 0.0196. The molecule has 174 valence electrons. The van der Waals surface area contributed by atoms with Crippen LogP contribution >= 0.6 is 0 Å². The first kappa shape index (κ1) is 25.9. The van der Waals surface area contributed by atoms with Gasteiger partial charge in [-0.1, -0.05) is 12.8 Å². The molecular formula is C13H11F15O. The number of hydrogen-bond donors (Lipinski definition) is 1. The first-order valence-electron chi connectivity index (χ1n) is 7.53. The summed E-state index contributed by atoms with van der Waals surface area (Å²) in [5.74, 6) is -48.8. The third kappa shape index (κ3) is 3.42. The highest BCUT2D eigenvalue weighted by Gasteiger charge is 2.93. The summed E-state index contributed by atoms with van der Waals surface area (Å²) in [6, 6.07) is 0. The topological polar surface area (TPSA) is 20.2 Å². The van der Waals surface area contributed by atoms with E-state index in [0.29, 0.717) is 0 Å². The van der Waals surface area contributed by atoms with E-state index < -0.39 is 66.6 Å². The van der Waals surface area contributed by atoms with Crippen LogP contribution in [0.3, 0.4) is 0 Å². The number of halogens is 15. The first-order chi connectivity index (χ1) is 12.5. The molecule has 1 fully saturated rings. The summed E-state index contributed by atoms with van der Waals surface area (Å²) in [5.41, 5.74) is 0. The van der Waals surface area contributed by atoms with Crippen LogP contribution in [0.2, 0.25) is 0 Å². The minimum Gasteiger partial charge on any atom is -0.386 e. The molecule has 0 bridgehead atoms. The van der Waals surface area contributed by atoms with E-state index >= 15 is 0 Å². The van der Waals surface area contributed by atoms with E-state index in [4.69, 9.17) is 0 Å². The van der Waals surface area contributed by atoms with E-state index in [9.17, 15) is 71.0 Å². The van der Waals surface area contributed by atoms with Gasteiger partial charge in [0.1, 0.15) is 6.10 Å². The highest BCUT2D eigenvalue weighted by Crippen LogP contribution is 2.63. The van der Waals surface area contributed by atoms with Gasteiger partial charge in [0.25, 0.3) is 0 Å². The van der Waals surface area contributed by atoms with E-state index in [1.54, 1.807) is 0 Å². The number of aliphatic hydroxyl groups excluding tert-OH is 1. The summed E-state index contributed by atoms with van der Waals surface area (Å²) in [6.45, 7) is 0. The zero-order valence-corrected chi connectivity index (χ0v) is 13.6. The van der Waals surface area contributed by atoms with Crippen molar-refractivity contribution < 1.29 is 71.0 Å². The summed E-state index contributed by atoms with van der Waals surface area (Å²) < 4.78 is 195. The number of rotatable bonds is 7. The van der Waals surface area contributed by atoms with E-state index in [0.717, 1.165) is 0 Å². The van der Waals surface area contributed by atoms with Crippen molar-refractivity contribution in [1.82, 2.24) is 0 Å². The Bertz CT molecular complexity index is 588. The van der Waals surface area contributed by atoms with Crippen LogP contribution in [-0.4, -0.2) is 52.9 Å². The van der Waals surface area contributed by atoms with E-state index in [1.807, 2.05) is 0 Å². The molecule has 0 heterocycles. The van der Waals surface area contributed by atoms with Crippen LogP contribution in [0.25, 0.3) is 0 Å². The summed E-state index contributed by atoms with van der Waals surface area (Å²) in [6.07, 6.45) is -12.3. The van der Waals surface area contributed by atoms with Gasteiger partial charge < -0.3 is 5.11 Å². The third-order valence-corrected chi connectivity index (χ3v) is 4.57. The molecule has 16 heteroatoms. The lowest BCUT2D eigenvalue weighted by Gasteiger charge is -2.43. The molecule has 1 aliphatic carbocycles. The lowest BCUT2D eigenvalue weighted by atomic mass is 9.85. The van der Waals surface area contributed by atoms with Gasteiger partial charge in [0.05, 0.1) is 0 Å². The molecule has 1 N–H and O–H groups in total. The predicted molar refractivity (Wildman–Crippen MR) is 63.7 cm³/mol. The molecule has 0 aromatic rings. The number of aliphatic hydroxyl groups is 1. The number of hydrogen-bond acceptors (Lipinski definition) is 1. The Labute approximate surface area is 151 Å². The lowest BCUT2D eigenvalue weighted by molar-refractivity contribution is -0.456. The molecule has 0 aromatic carbocycles. The molecule has 0 spiro atoms. The van der Waals surface area contributed by atoms with Crippen LogP contribution in [0.5, 0.6) is 0 Å². The second kappa shape index (κ2) is 6.97. The first-order valence-corrected chi connectivity index (χ1v) is 7.53. The van der Waals surface area contributed by atoms with E-state index in [-0.39, 0.29) is 12.8 Å². The van der Waals surface area contributed by atoms with Crippen molar-refractivity contribution in [2.75, 3.05) is 0 Å². The molecule has 1 saturated carbocycles. The smallest absolute Gasteiger partial charge is 0.386 e. The fourth-order valence-electron chi connectivity index (χ4n) is 2.73. The molecule has 0 aromatic heterocycles. The van der Waals surface area contributed by atoms with Crippen molar-refractivity contribution in [1.29, 1.82) is 0 Å². The zero-order chi connectivity index (χ0) is 23.5. The molecule has 1 unspecified atom stereocenters. The monoisotopic (exact) mass is 468 g/mol. The molecule has 1 rings (SSSR count). The Kier molecular flexibility index (Phi) is 6.24. The summed E-state index contributed by atoms with van der Waals surface area (Å²) in [5, 5.41) is 9.21. The van der Waals surface area contributed by atoms with Crippen molar-refractivity contribution in [2.45, 2.75) is 73.5 Å². The molecule has 29 heavy (non-hydrogen) atoms. The number of alkyl halides is 15. The van der Waals surface area contributed by atoms with Gasteiger partial charge in [0, 0.05) is 0 Å².